The Bertz CT molecular complexity index is 536. The average Bonchev–Trinajstić information content (AvgIpc) is 2.72. The molecule has 0 fully saturated rings. The maximum absolute atomic E-state index is 12.0. The summed E-state index contributed by atoms with van der Waals surface area (Å²) >= 11 is 0. The van der Waals surface area contributed by atoms with E-state index >= 15 is 0 Å². The number of aromatic amines is 1. The maximum Gasteiger partial charge on any atom is 0.244 e. The summed E-state index contributed by atoms with van der Waals surface area (Å²) in [4.78, 5) is 11.8. The van der Waals surface area contributed by atoms with Gasteiger partial charge in [-0.15, -0.1) is 0 Å². The minimum Gasteiger partial charge on any atom is -0.354 e. The lowest BCUT2D eigenvalue weighted by Gasteiger charge is -2.15. The van der Waals surface area contributed by atoms with E-state index in [4.69, 9.17) is 0 Å². The average molecular weight is 288 g/mol. The Morgan fingerprint density at radius 1 is 1.42 bits per heavy atom. The first-order valence-corrected chi connectivity index (χ1v) is 7.52. The van der Waals surface area contributed by atoms with Gasteiger partial charge in [0.05, 0.1) is 17.9 Å². The molecule has 7 nitrogen and oxygen atoms in total. The van der Waals surface area contributed by atoms with Crippen LogP contribution in [0.5, 0.6) is 0 Å². The number of rotatable bonds is 6. The van der Waals surface area contributed by atoms with Gasteiger partial charge in [-0.25, -0.2) is 8.42 Å². The molecule has 1 amide bonds. The summed E-state index contributed by atoms with van der Waals surface area (Å²) in [6, 6.07) is -0.835. The molecule has 0 radical (unpaired) electrons. The highest BCUT2D eigenvalue weighted by molar-refractivity contribution is 7.89. The number of hydrogen-bond donors (Lipinski definition) is 3. The molecule has 3 N–H and O–H groups in total. The van der Waals surface area contributed by atoms with Gasteiger partial charge in [0.1, 0.15) is 4.90 Å². The quantitative estimate of drug-likeness (QED) is 0.693. The number of nitrogens with one attached hydrogen (secondary N) is 3. The van der Waals surface area contributed by atoms with E-state index in [1.807, 2.05) is 13.8 Å². The third-order valence-corrected chi connectivity index (χ3v) is 4.14. The molecule has 8 heteroatoms. The molecule has 1 aromatic rings. The van der Waals surface area contributed by atoms with Crippen molar-refractivity contribution in [3.63, 3.8) is 0 Å². The summed E-state index contributed by atoms with van der Waals surface area (Å²) in [6.07, 6.45) is 1.22. The van der Waals surface area contributed by atoms with Crippen molar-refractivity contribution in [2.24, 2.45) is 5.92 Å². The number of carbonyl (C=O) groups is 1. The summed E-state index contributed by atoms with van der Waals surface area (Å²) in [5, 5.41) is 8.88. The van der Waals surface area contributed by atoms with Crippen molar-refractivity contribution in [3.05, 3.63) is 11.9 Å². The second-order valence-corrected chi connectivity index (χ2v) is 6.52. The van der Waals surface area contributed by atoms with Crippen LogP contribution in [0.3, 0.4) is 0 Å². The topological polar surface area (TPSA) is 104 Å². The van der Waals surface area contributed by atoms with Gasteiger partial charge in [0.15, 0.2) is 0 Å². The van der Waals surface area contributed by atoms with Crippen molar-refractivity contribution in [2.45, 2.75) is 38.6 Å². The van der Waals surface area contributed by atoms with Crippen LogP contribution in [0.1, 0.15) is 26.5 Å². The summed E-state index contributed by atoms with van der Waals surface area (Å²) < 4.78 is 26.4. The van der Waals surface area contributed by atoms with E-state index in [2.05, 4.69) is 20.2 Å². The first-order valence-electron chi connectivity index (χ1n) is 6.04. The van der Waals surface area contributed by atoms with E-state index in [9.17, 15) is 13.2 Å². The number of aromatic nitrogens is 2. The minimum atomic E-state index is -3.74. The van der Waals surface area contributed by atoms with Gasteiger partial charge in [-0.2, -0.15) is 9.82 Å². The predicted octanol–water partition coefficient (Wildman–Crippen LogP) is 0.157. The highest BCUT2D eigenvalue weighted by Gasteiger charge is 2.24. The number of nitrogens with zero attached hydrogens (tertiary/aromatic N) is 1. The third kappa shape index (κ3) is 4.32. The molecule has 0 aliphatic rings. The fourth-order valence-corrected chi connectivity index (χ4v) is 2.76. The van der Waals surface area contributed by atoms with Crippen LogP contribution in [0.4, 0.5) is 0 Å². The Morgan fingerprint density at radius 2 is 2.05 bits per heavy atom. The first-order chi connectivity index (χ1) is 8.74. The molecule has 108 valence electrons. The van der Waals surface area contributed by atoms with Crippen LogP contribution >= 0.6 is 0 Å². The summed E-state index contributed by atoms with van der Waals surface area (Å²) in [7, 11) is -3.74. The number of sulfonamides is 1. The molecule has 0 aromatic carbocycles. The highest BCUT2D eigenvalue weighted by Crippen LogP contribution is 2.11. The number of hydrogen-bond acceptors (Lipinski definition) is 4. The number of aryl methyl sites for hydroxylation is 1. The van der Waals surface area contributed by atoms with Crippen molar-refractivity contribution < 1.29 is 13.2 Å². The SMILES string of the molecule is Cc1[nH]ncc1S(=O)(=O)NC(C)C(=O)NCC(C)C. The van der Waals surface area contributed by atoms with E-state index in [1.165, 1.54) is 13.1 Å². The number of amides is 1. The largest absolute Gasteiger partial charge is 0.354 e. The van der Waals surface area contributed by atoms with E-state index in [-0.39, 0.29) is 10.8 Å². The zero-order chi connectivity index (χ0) is 14.6. The van der Waals surface area contributed by atoms with Crippen LogP contribution in [0.2, 0.25) is 0 Å². The molecule has 0 bridgehead atoms. The van der Waals surface area contributed by atoms with E-state index in [0.717, 1.165) is 0 Å². The maximum atomic E-state index is 12.0. The molecule has 0 saturated carbocycles. The van der Waals surface area contributed by atoms with Crippen molar-refractivity contribution in [1.29, 1.82) is 0 Å². The van der Waals surface area contributed by atoms with Crippen LogP contribution in [0.25, 0.3) is 0 Å². The first kappa shape index (κ1) is 15.6. The Kier molecular flexibility index (Phi) is 5.07. The monoisotopic (exact) mass is 288 g/mol. The van der Waals surface area contributed by atoms with Crippen LogP contribution in [0.15, 0.2) is 11.1 Å². The van der Waals surface area contributed by atoms with Crippen LogP contribution < -0.4 is 10.0 Å². The third-order valence-electron chi connectivity index (χ3n) is 2.48. The second kappa shape index (κ2) is 6.16. The Hall–Kier alpha value is -1.41. The number of H-pyrrole nitrogens is 1. The standard InChI is InChI=1S/C11H20N4O3S/c1-7(2)5-12-11(16)9(4)15-19(17,18)10-6-13-14-8(10)3/h6-7,9,15H,5H2,1-4H3,(H,12,16)(H,13,14). The summed E-state index contributed by atoms with van der Waals surface area (Å²) in [5.41, 5.74) is 0.433. The molecule has 1 heterocycles. The van der Waals surface area contributed by atoms with Crippen molar-refractivity contribution in [1.82, 2.24) is 20.2 Å². The molecule has 0 saturated heterocycles. The van der Waals surface area contributed by atoms with E-state index in [1.54, 1.807) is 6.92 Å². The van der Waals surface area contributed by atoms with Gasteiger partial charge in [0, 0.05) is 6.54 Å². The van der Waals surface area contributed by atoms with Gasteiger partial charge in [0.2, 0.25) is 15.9 Å². The molecule has 19 heavy (non-hydrogen) atoms. The fraction of sp³-hybridized carbons (Fsp3) is 0.636. The zero-order valence-corrected chi connectivity index (χ0v) is 12.3. The lowest BCUT2D eigenvalue weighted by molar-refractivity contribution is -0.122. The molecule has 1 aromatic heterocycles. The molecule has 0 aliphatic carbocycles. The smallest absolute Gasteiger partial charge is 0.244 e. The van der Waals surface area contributed by atoms with Gasteiger partial charge < -0.3 is 5.32 Å². The summed E-state index contributed by atoms with van der Waals surface area (Å²) in [5.74, 6) is -0.0395. The van der Waals surface area contributed by atoms with Crippen LogP contribution in [-0.4, -0.2) is 37.1 Å². The van der Waals surface area contributed by atoms with Gasteiger partial charge in [-0.05, 0) is 19.8 Å². The van der Waals surface area contributed by atoms with Gasteiger partial charge in [0.25, 0.3) is 0 Å². The normalized spacial score (nSPS) is 13.5. The molecule has 0 spiro atoms. The summed E-state index contributed by atoms with van der Waals surface area (Å²) in [6.45, 7) is 7.54. The van der Waals surface area contributed by atoms with Gasteiger partial charge in [-0.3, -0.25) is 9.89 Å². The second-order valence-electron chi connectivity index (χ2n) is 4.84. The van der Waals surface area contributed by atoms with Crippen molar-refractivity contribution in [3.8, 4) is 0 Å². The zero-order valence-electron chi connectivity index (χ0n) is 11.5. The van der Waals surface area contributed by atoms with E-state index < -0.39 is 16.1 Å². The van der Waals surface area contributed by atoms with E-state index in [0.29, 0.717) is 18.2 Å². The van der Waals surface area contributed by atoms with Crippen molar-refractivity contribution >= 4 is 15.9 Å². The molecule has 1 rings (SSSR count). The number of carbonyl (C=O) groups excluding carboxylic acids is 1. The molecular formula is C11H20N4O3S. The molecule has 1 unspecified atom stereocenters. The fourth-order valence-electron chi connectivity index (χ4n) is 1.42. The highest BCUT2D eigenvalue weighted by atomic mass is 32.2. The predicted molar refractivity (Wildman–Crippen MR) is 71.0 cm³/mol. The molecule has 0 aliphatic heterocycles. The molecule has 1 atom stereocenters. The van der Waals surface area contributed by atoms with Gasteiger partial charge >= 0.3 is 0 Å². The Labute approximate surface area is 113 Å². The lowest BCUT2D eigenvalue weighted by Crippen LogP contribution is -2.45. The van der Waals surface area contributed by atoms with Crippen LogP contribution in [0, 0.1) is 12.8 Å². The van der Waals surface area contributed by atoms with Gasteiger partial charge in [-0.1, -0.05) is 13.8 Å². The molecular weight excluding hydrogens is 268 g/mol. The Balaban J connectivity index is 2.69. The lowest BCUT2D eigenvalue weighted by atomic mass is 10.2. The Morgan fingerprint density at radius 3 is 2.53 bits per heavy atom. The minimum absolute atomic E-state index is 0.0519. The van der Waals surface area contributed by atoms with Crippen molar-refractivity contribution in [2.75, 3.05) is 6.54 Å². The van der Waals surface area contributed by atoms with Crippen LogP contribution in [-0.2, 0) is 14.8 Å².